The number of rotatable bonds is 10. The highest BCUT2D eigenvalue weighted by Crippen LogP contribution is 2.28. The number of hydrogen-bond donors (Lipinski definition) is 0. The maximum atomic E-state index is 13.3. The van der Waals surface area contributed by atoms with Gasteiger partial charge in [-0.3, -0.25) is 9.80 Å². The zero-order valence-electron chi connectivity index (χ0n) is 21.7. The Morgan fingerprint density at radius 3 is 2.38 bits per heavy atom. The van der Waals surface area contributed by atoms with Gasteiger partial charge in [0.2, 0.25) is 11.9 Å². The van der Waals surface area contributed by atoms with Gasteiger partial charge in [0.05, 0.1) is 31.5 Å². The van der Waals surface area contributed by atoms with E-state index < -0.39 is 18.2 Å². The molecule has 0 bridgehead atoms. The van der Waals surface area contributed by atoms with E-state index >= 15 is 0 Å². The van der Waals surface area contributed by atoms with Crippen molar-refractivity contribution >= 4 is 17.6 Å². The number of benzene rings is 1. The van der Waals surface area contributed by atoms with Crippen LogP contribution in [0.1, 0.15) is 17.5 Å². The minimum atomic E-state index is -4.51. The van der Waals surface area contributed by atoms with Crippen LogP contribution in [-0.2, 0) is 22.1 Å². The lowest BCUT2D eigenvalue weighted by molar-refractivity contribution is -0.138. The minimum Gasteiger partial charge on any atom is -0.499 e. The van der Waals surface area contributed by atoms with Crippen molar-refractivity contribution in [3.63, 3.8) is 0 Å². The van der Waals surface area contributed by atoms with Crippen molar-refractivity contribution in [2.24, 2.45) is 5.10 Å². The van der Waals surface area contributed by atoms with Gasteiger partial charge >= 0.3 is 6.18 Å². The molecule has 2 aliphatic rings. The summed E-state index contributed by atoms with van der Waals surface area (Å²) in [6, 6.07) is 7.17. The Hall–Kier alpha value is -3.97. The smallest absolute Gasteiger partial charge is 0.419 e. The zero-order valence-corrected chi connectivity index (χ0v) is 21.7. The van der Waals surface area contributed by atoms with Crippen LogP contribution in [0.25, 0.3) is 0 Å². The molecule has 1 fully saturated rings. The first kappa shape index (κ1) is 29.0. The summed E-state index contributed by atoms with van der Waals surface area (Å²) in [5.74, 6) is 0.592. The molecule has 2 aliphatic heterocycles. The Morgan fingerprint density at radius 1 is 1.10 bits per heavy atom. The first-order valence-electron chi connectivity index (χ1n) is 12.6. The number of nitrogens with zero attached hydrogens (tertiary/aromatic N) is 6. The van der Waals surface area contributed by atoms with Crippen molar-refractivity contribution in [2.45, 2.75) is 31.5 Å². The largest absolute Gasteiger partial charge is 0.499 e. The Labute approximate surface area is 227 Å². The summed E-state index contributed by atoms with van der Waals surface area (Å²) in [5, 5.41) is 5.68. The summed E-state index contributed by atoms with van der Waals surface area (Å²) >= 11 is 0. The number of amides is 1. The Balaban J connectivity index is 1.21. The number of halogens is 5. The molecule has 1 amide bonds. The molecule has 4 rings (SSSR count). The van der Waals surface area contributed by atoms with Gasteiger partial charge in [-0.25, -0.2) is 18.7 Å². The van der Waals surface area contributed by atoms with E-state index in [-0.39, 0.29) is 43.2 Å². The number of ether oxygens (including phenoxy) is 2. The first-order chi connectivity index (χ1) is 19.1. The van der Waals surface area contributed by atoms with E-state index in [1.165, 1.54) is 12.3 Å². The van der Waals surface area contributed by atoms with Crippen LogP contribution in [0.3, 0.4) is 0 Å². The molecule has 1 aromatic carbocycles. The Kier molecular flexibility index (Phi) is 9.38. The Bertz CT molecular complexity index is 1180. The topological polar surface area (TPSA) is 83.4 Å². The number of methoxy groups -OCH3 is 1. The molecule has 1 unspecified atom stereocenters. The molecule has 0 saturated carbocycles. The molecule has 1 aromatic heterocycles. The van der Waals surface area contributed by atoms with E-state index in [9.17, 15) is 26.7 Å². The molecule has 0 N–H and O–H groups in total. The van der Waals surface area contributed by atoms with Crippen LogP contribution < -0.4 is 9.64 Å². The SMILES string of the molecule is COc1ccc(CC2CC(C(F)F)=NN2CCOC=CC(=O)N2CCN(c3ncc(C(F)(F)F)cn3)CC2)cc1. The molecular weight excluding hydrogens is 539 g/mol. The second kappa shape index (κ2) is 12.9. The average molecular weight is 569 g/mol. The van der Waals surface area contributed by atoms with E-state index in [4.69, 9.17) is 9.47 Å². The maximum absolute atomic E-state index is 13.3. The number of carbonyl (C=O) groups is 1. The fourth-order valence-electron chi connectivity index (χ4n) is 4.39. The van der Waals surface area contributed by atoms with Crippen molar-refractivity contribution in [3.05, 3.63) is 60.1 Å². The van der Waals surface area contributed by atoms with Crippen molar-refractivity contribution in [1.29, 1.82) is 0 Å². The number of anilines is 1. The van der Waals surface area contributed by atoms with Crippen LogP contribution in [0.5, 0.6) is 5.75 Å². The number of hydrazone groups is 1. The summed E-state index contributed by atoms with van der Waals surface area (Å²) in [4.78, 5) is 23.4. The van der Waals surface area contributed by atoms with Crippen LogP contribution in [0.2, 0.25) is 0 Å². The summed E-state index contributed by atoms with van der Waals surface area (Å²) in [7, 11) is 1.57. The van der Waals surface area contributed by atoms with E-state index in [1.807, 2.05) is 24.3 Å². The van der Waals surface area contributed by atoms with Crippen molar-refractivity contribution in [2.75, 3.05) is 51.3 Å². The molecule has 216 valence electrons. The third-order valence-electron chi connectivity index (χ3n) is 6.59. The molecule has 0 spiro atoms. The van der Waals surface area contributed by atoms with Gasteiger partial charge in [-0.15, -0.1) is 0 Å². The molecule has 14 heteroatoms. The third-order valence-corrected chi connectivity index (χ3v) is 6.59. The van der Waals surface area contributed by atoms with Crippen molar-refractivity contribution in [1.82, 2.24) is 19.9 Å². The molecule has 9 nitrogen and oxygen atoms in total. The minimum absolute atomic E-state index is 0.141. The van der Waals surface area contributed by atoms with Crippen LogP contribution in [0.4, 0.5) is 27.9 Å². The van der Waals surface area contributed by atoms with Gasteiger partial charge in [0, 0.05) is 51.1 Å². The number of alkyl halides is 5. The molecular formula is C26H29F5N6O3. The van der Waals surface area contributed by atoms with Crippen LogP contribution in [0, 0.1) is 0 Å². The lowest BCUT2D eigenvalue weighted by Gasteiger charge is -2.34. The van der Waals surface area contributed by atoms with Gasteiger partial charge in [0.15, 0.2) is 0 Å². The van der Waals surface area contributed by atoms with Crippen LogP contribution in [0.15, 0.2) is 54.1 Å². The zero-order chi connectivity index (χ0) is 28.7. The van der Waals surface area contributed by atoms with Crippen LogP contribution in [-0.4, -0.2) is 90.4 Å². The Morgan fingerprint density at radius 2 is 1.77 bits per heavy atom. The number of aromatic nitrogens is 2. The molecule has 1 atom stereocenters. The predicted octanol–water partition coefficient (Wildman–Crippen LogP) is 3.62. The van der Waals surface area contributed by atoms with Gasteiger partial charge in [-0.05, 0) is 24.1 Å². The fraction of sp³-hybridized carbons (Fsp3) is 0.462. The molecule has 2 aromatic rings. The highest BCUT2D eigenvalue weighted by molar-refractivity contribution is 5.89. The second-order valence-corrected chi connectivity index (χ2v) is 9.22. The molecule has 0 radical (unpaired) electrons. The van der Waals surface area contributed by atoms with E-state index in [0.29, 0.717) is 38.3 Å². The standard InChI is InChI=1S/C26H29F5N6O3/c1-39-21-4-2-18(3-5-21)14-20-15-22(24(27)28)34-37(20)11-13-40-12-6-23(38)35-7-9-36(10-8-35)25-32-16-19(17-33-25)26(29,30)31/h2-6,12,16-17,20,24H,7-11,13-15H2,1H3. The van der Waals surface area contributed by atoms with E-state index in [1.54, 1.807) is 21.9 Å². The number of carbonyl (C=O) groups excluding carboxylic acids is 1. The van der Waals surface area contributed by atoms with E-state index in [0.717, 1.165) is 18.0 Å². The lowest BCUT2D eigenvalue weighted by atomic mass is 10.0. The van der Waals surface area contributed by atoms with Crippen LogP contribution >= 0.6 is 0 Å². The third kappa shape index (κ3) is 7.57. The van der Waals surface area contributed by atoms with Gasteiger partial charge < -0.3 is 19.3 Å². The highest BCUT2D eigenvalue weighted by Gasteiger charge is 2.32. The van der Waals surface area contributed by atoms with Gasteiger partial charge in [0.25, 0.3) is 6.43 Å². The van der Waals surface area contributed by atoms with Gasteiger partial charge in [0.1, 0.15) is 18.1 Å². The number of piperazine rings is 1. The average Bonchev–Trinajstić information content (AvgIpc) is 3.35. The quantitative estimate of drug-likeness (QED) is 0.187. The summed E-state index contributed by atoms with van der Waals surface area (Å²) in [6.07, 6.45) is -2.44. The molecule has 40 heavy (non-hydrogen) atoms. The summed E-state index contributed by atoms with van der Waals surface area (Å²) in [6.45, 7) is 1.80. The predicted molar refractivity (Wildman–Crippen MR) is 136 cm³/mol. The van der Waals surface area contributed by atoms with Gasteiger partial charge in [-0.1, -0.05) is 12.1 Å². The number of hydrogen-bond acceptors (Lipinski definition) is 8. The molecule has 1 saturated heterocycles. The summed E-state index contributed by atoms with van der Waals surface area (Å²) in [5.41, 5.74) is -0.114. The normalized spacial score (nSPS) is 18.0. The highest BCUT2D eigenvalue weighted by atomic mass is 19.4. The summed E-state index contributed by atoms with van der Waals surface area (Å²) < 4.78 is 75.3. The van der Waals surface area contributed by atoms with Crippen molar-refractivity contribution in [3.8, 4) is 5.75 Å². The maximum Gasteiger partial charge on any atom is 0.419 e. The molecule has 0 aliphatic carbocycles. The second-order valence-electron chi connectivity index (χ2n) is 9.22. The first-order valence-corrected chi connectivity index (χ1v) is 12.6. The monoisotopic (exact) mass is 568 g/mol. The lowest BCUT2D eigenvalue weighted by Crippen LogP contribution is -2.48. The van der Waals surface area contributed by atoms with Crippen molar-refractivity contribution < 1.29 is 36.2 Å². The van der Waals surface area contributed by atoms with Gasteiger partial charge in [-0.2, -0.15) is 18.3 Å². The molecule has 3 heterocycles. The van der Waals surface area contributed by atoms with E-state index in [2.05, 4.69) is 15.1 Å². The fourth-order valence-corrected chi connectivity index (χ4v) is 4.39.